The lowest BCUT2D eigenvalue weighted by molar-refractivity contribution is -0.141. The van der Waals surface area contributed by atoms with E-state index in [0.29, 0.717) is 10.6 Å². The summed E-state index contributed by atoms with van der Waals surface area (Å²) in [7, 11) is 0. The maximum absolute atomic E-state index is 11.7. The van der Waals surface area contributed by atoms with Crippen molar-refractivity contribution < 1.29 is 14.3 Å². The summed E-state index contributed by atoms with van der Waals surface area (Å²) in [5.41, 5.74) is 1.54. The Kier molecular flexibility index (Phi) is 5.59. The number of benzene rings is 1. The van der Waals surface area contributed by atoms with Gasteiger partial charge in [-0.15, -0.1) is 0 Å². The molecule has 0 radical (unpaired) electrons. The summed E-state index contributed by atoms with van der Waals surface area (Å²) in [6.07, 6.45) is 1.99. The predicted octanol–water partition coefficient (Wildman–Crippen LogP) is 3.27. The van der Waals surface area contributed by atoms with Crippen molar-refractivity contribution in [2.24, 2.45) is 0 Å². The molecule has 0 spiro atoms. The Bertz CT molecular complexity index is 460. The molecule has 96 valence electrons. The number of allylic oxidation sites excluding steroid dienone is 1. The molecule has 0 heterocycles. The van der Waals surface area contributed by atoms with E-state index in [1.54, 1.807) is 25.1 Å². The van der Waals surface area contributed by atoms with Gasteiger partial charge in [-0.25, -0.2) is 0 Å². The quantitative estimate of drug-likeness (QED) is 0.607. The molecule has 0 atom stereocenters. The minimum atomic E-state index is -0.373. The first-order valence-electron chi connectivity index (χ1n) is 5.59. The highest BCUT2D eigenvalue weighted by molar-refractivity contribution is 6.30. The second kappa shape index (κ2) is 6.97. The number of ketones is 1. The van der Waals surface area contributed by atoms with Crippen molar-refractivity contribution in [3.63, 3.8) is 0 Å². The normalized spacial score (nSPS) is 11.2. The number of ether oxygens (including phenoxy) is 1. The lowest BCUT2D eigenvalue weighted by Crippen LogP contribution is -2.07. The van der Waals surface area contributed by atoms with E-state index in [2.05, 4.69) is 0 Å². The number of Topliss-reactive ketones (excluding diaryl/α,β-unsaturated/α-hetero) is 1. The van der Waals surface area contributed by atoms with Crippen LogP contribution >= 0.6 is 11.6 Å². The van der Waals surface area contributed by atoms with E-state index < -0.39 is 0 Å². The third-order valence-electron chi connectivity index (χ3n) is 2.33. The topological polar surface area (TPSA) is 43.4 Å². The summed E-state index contributed by atoms with van der Waals surface area (Å²) < 4.78 is 4.72. The summed E-state index contributed by atoms with van der Waals surface area (Å²) in [5.74, 6) is -0.409. The van der Waals surface area contributed by atoms with Crippen molar-refractivity contribution in [1.29, 1.82) is 0 Å². The number of rotatable bonds is 5. The van der Waals surface area contributed by atoms with Crippen molar-refractivity contribution in [2.75, 3.05) is 6.61 Å². The van der Waals surface area contributed by atoms with Crippen LogP contribution in [-0.2, 0) is 14.3 Å². The molecule has 0 bridgehead atoms. The zero-order valence-electron chi connectivity index (χ0n) is 10.4. The Morgan fingerprint density at radius 1 is 1.22 bits per heavy atom. The van der Waals surface area contributed by atoms with Gasteiger partial charge in [0.1, 0.15) is 0 Å². The first kappa shape index (κ1) is 14.5. The van der Waals surface area contributed by atoms with Gasteiger partial charge in [0.2, 0.25) is 0 Å². The van der Waals surface area contributed by atoms with Crippen LogP contribution in [-0.4, -0.2) is 18.4 Å². The standard InChI is InChI=1S/C14H15ClO3/c1-10(14(17)7-8-18-11(2)16)9-12-3-5-13(15)6-4-12/h3-6,9H,7-8H2,1-2H3/b10-9+. The molecule has 18 heavy (non-hydrogen) atoms. The summed E-state index contributed by atoms with van der Waals surface area (Å²) in [4.78, 5) is 22.3. The molecule has 1 aromatic carbocycles. The Hall–Kier alpha value is -1.61. The third-order valence-corrected chi connectivity index (χ3v) is 2.58. The lowest BCUT2D eigenvalue weighted by Gasteiger charge is -2.02. The molecule has 1 rings (SSSR count). The minimum absolute atomic E-state index is 0.0359. The molecule has 0 saturated carbocycles. The van der Waals surface area contributed by atoms with Gasteiger partial charge in [0.25, 0.3) is 0 Å². The molecule has 0 fully saturated rings. The minimum Gasteiger partial charge on any atom is -0.465 e. The zero-order chi connectivity index (χ0) is 13.5. The first-order chi connectivity index (χ1) is 8.49. The van der Waals surface area contributed by atoms with Crippen LogP contribution in [0.2, 0.25) is 5.02 Å². The average Bonchev–Trinajstić information content (AvgIpc) is 2.31. The van der Waals surface area contributed by atoms with E-state index in [4.69, 9.17) is 16.3 Å². The van der Waals surface area contributed by atoms with E-state index in [1.165, 1.54) is 6.92 Å². The second-order valence-corrected chi connectivity index (χ2v) is 4.33. The monoisotopic (exact) mass is 266 g/mol. The van der Waals surface area contributed by atoms with E-state index in [9.17, 15) is 9.59 Å². The fourth-order valence-electron chi connectivity index (χ4n) is 1.37. The van der Waals surface area contributed by atoms with Crippen molar-refractivity contribution in [3.8, 4) is 0 Å². The second-order valence-electron chi connectivity index (χ2n) is 3.89. The van der Waals surface area contributed by atoms with Crippen LogP contribution in [0.1, 0.15) is 25.8 Å². The van der Waals surface area contributed by atoms with Gasteiger partial charge >= 0.3 is 5.97 Å². The molecular weight excluding hydrogens is 252 g/mol. The van der Waals surface area contributed by atoms with Crippen molar-refractivity contribution >= 4 is 29.4 Å². The summed E-state index contributed by atoms with van der Waals surface area (Å²) in [6.45, 7) is 3.19. The number of hydrogen-bond donors (Lipinski definition) is 0. The molecule has 0 unspecified atom stereocenters. The SMILES string of the molecule is CC(=O)OCCC(=O)/C(C)=C/c1ccc(Cl)cc1. The summed E-state index contributed by atoms with van der Waals surface area (Å²) >= 11 is 5.77. The Morgan fingerprint density at radius 2 is 1.83 bits per heavy atom. The van der Waals surface area contributed by atoms with Crippen LogP contribution < -0.4 is 0 Å². The number of hydrogen-bond acceptors (Lipinski definition) is 3. The highest BCUT2D eigenvalue weighted by Gasteiger charge is 2.05. The molecule has 0 aliphatic carbocycles. The molecule has 0 N–H and O–H groups in total. The van der Waals surface area contributed by atoms with Gasteiger partial charge in [0.05, 0.1) is 6.61 Å². The fourth-order valence-corrected chi connectivity index (χ4v) is 1.50. The third kappa shape index (κ3) is 5.15. The molecule has 4 heteroatoms. The Labute approximate surface area is 111 Å². The molecule has 3 nitrogen and oxygen atoms in total. The highest BCUT2D eigenvalue weighted by atomic mass is 35.5. The van der Waals surface area contributed by atoms with E-state index in [0.717, 1.165) is 5.56 Å². The van der Waals surface area contributed by atoms with Crippen molar-refractivity contribution in [3.05, 3.63) is 40.4 Å². The van der Waals surface area contributed by atoms with Gasteiger partial charge in [-0.05, 0) is 36.3 Å². The van der Waals surface area contributed by atoms with Gasteiger partial charge in [-0.3, -0.25) is 9.59 Å². The van der Waals surface area contributed by atoms with Gasteiger partial charge in [0, 0.05) is 18.4 Å². The van der Waals surface area contributed by atoms with Crippen LogP contribution in [0, 0.1) is 0 Å². The van der Waals surface area contributed by atoms with Gasteiger partial charge < -0.3 is 4.74 Å². The molecule has 0 saturated heterocycles. The molecule has 0 aliphatic heterocycles. The average molecular weight is 267 g/mol. The zero-order valence-corrected chi connectivity index (χ0v) is 11.2. The van der Waals surface area contributed by atoms with E-state index >= 15 is 0 Å². The summed E-state index contributed by atoms with van der Waals surface area (Å²) in [5, 5.41) is 0.658. The molecular formula is C14H15ClO3. The Balaban J connectivity index is 2.57. The molecule has 0 aromatic heterocycles. The predicted molar refractivity (Wildman–Crippen MR) is 71.4 cm³/mol. The lowest BCUT2D eigenvalue weighted by atomic mass is 10.1. The van der Waals surface area contributed by atoms with Crippen molar-refractivity contribution in [1.82, 2.24) is 0 Å². The van der Waals surface area contributed by atoms with Crippen LogP contribution in [0.5, 0.6) is 0 Å². The molecule has 1 aromatic rings. The number of carbonyl (C=O) groups is 2. The van der Waals surface area contributed by atoms with Crippen molar-refractivity contribution in [2.45, 2.75) is 20.3 Å². The number of carbonyl (C=O) groups excluding carboxylic acids is 2. The molecule has 0 aliphatic rings. The van der Waals surface area contributed by atoms with Crippen LogP contribution in [0.3, 0.4) is 0 Å². The van der Waals surface area contributed by atoms with Crippen LogP contribution in [0.4, 0.5) is 0 Å². The van der Waals surface area contributed by atoms with Gasteiger partial charge in [0.15, 0.2) is 5.78 Å². The van der Waals surface area contributed by atoms with Gasteiger partial charge in [-0.1, -0.05) is 23.7 Å². The van der Waals surface area contributed by atoms with E-state index in [1.807, 2.05) is 12.1 Å². The van der Waals surface area contributed by atoms with E-state index in [-0.39, 0.29) is 24.8 Å². The smallest absolute Gasteiger partial charge is 0.302 e. The van der Waals surface area contributed by atoms with Crippen LogP contribution in [0.15, 0.2) is 29.8 Å². The first-order valence-corrected chi connectivity index (χ1v) is 5.97. The maximum Gasteiger partial charge on any atom is 0.302 e. The van der Waals surface area contributed by atoms with Crippen LogP contribution in [0.25, 0.3) is 6.08 Å². The fraction of sp³-hybridized carbons (Fsp3) is 0.286. The number of halogens is 1. The maximum atomic E-state index is 11.7. The Morgan fingerprint density at radius 3 is 2.39 bits per heavy atom. The van der Waals surface area contributed by atoms with Gasteiger partial charge in [-0.2, -0.15) is 0 Å². The largest absolute Gasteiger partial charge is 0.465 e. The number of esters is 1. The molecule has 0 amide bonds. The highest BCUT2D eigenvalue weighted by Crippen LogP contribution is 2.13. The summed E-state index contributed by atoms with van der Waals surface area (Å²) in [6, 6.07) is 7.21.